The average Bonchev–Trinajstić information content (AvgIpc) is 3.06. The molecule has 0 radical (unpaired) electrons. The number of aliphatic hydroxyl groups is 8. The second-order valence-electron chi connectivity index (χ2n) is 6.70. The quantitative estimate of drug-likeness (QED) is 0.216. The molecule has 1 aromatic heterocycles. The highest BCUT2D eigenvalue weighted by atomic mass is 16.8. The molecule has 0 spiro atoms. The summed E-state index contributed by atoms with van der Waals surface area (Å²) in [5.41, 5.74) is -0.988. The fourth-order valence-corrected chi connectivity index (χ4v) is 3.37. The lowest BCUT2D eigenvalue weighted by Gasteiger charge is -2.40. The lowest BCUT2D eigenvalue weighted by molar-refractivity contribution is -0.811. The van der Waals surface area contributed by atoms with Crippen LogP contribution in [-0.4, -0.2) is 108 Å². The van der Waals surface area contributed by atoms with E-state index in [9.17, 15) is 46.1 Å². The Morgan fingerprint density at radius 3 is 1.71 bits per heavy atom. The highest BCUT2D eigenvalue weighted by molar-refractivity contribution is 5.18. The Hall–Kier alpha value is -1.46. The fraction of sp³-hybridized carbons (Fsp3) is 0.857. The van der Waals surface area contributed by atoms with Gasteiger partial charge in [-0.15, -0.1) is 0 Å². The van der Waals surface area contributed by atoms with Crippen LogP contribution in [0.25, 0.3) is 0 Å². The van der Waals surface area contributed by atoms with Gasteiger partial charge >= 0.3 is 0 Å². The van der Waals surface area contributed by atoms with E-state index in [4.69, 9.17) is 9.47 Å². The van der Waals surface area contributed by atoms with Crippen molar-refractivity contribution in [3.05, 3.63) is 16.6 Å². The fourth-order valence-electron chi connectivity index (χ4n) is 3.37. The summed E-state index contributed by atoms with van der Waals surface area (Å²) >= 11 is 0. The summed E-state index contributed by atoms with van der Waals surface area (Å²) in [5.74, 6) is 0. The monoisotopic (exact) mass is 410 g/mol. The van der Waals surface area contributed by atoms with Gasteiger partial charge in [0.15, 0.2) is 12.2 Å². The number of rotatable bonds is 4. The van der Waals surface area contributed by atoms with Crippen molar-refractivity contribution in [1.82, 2.24) is 5.16 Å². The molecule has 10 atom stereocenters. The zero-order valence-corrected chi connectivity index (χ0v) is 14.3. The van der Waals surface area contributed by atoms with Crippen molar-refractivity contribution >= 4 is 0 Å². The summed E-state index contributed by atoms with van der Waals surface area (Å²) in [7, 11) is 0. The molecular formula is C14H22N2O12. The molecule has 0 aliphatic carbocycles. The second-order valence-corrected chi connectivity index (χ2v) is 6.70. The van der Waals surface area contributed by atoms with Gasteiger partial charge in [-0.1, -0.05) is 0 Å². The zero-order chi connectivity index (χ0) is 20.7. The molecule has 0 amide bonds. The smallest absolute Gasteiger partial charge is 0.255 e. The Bertz CT molecular complexity index is 669. The molecule has 14 heteroatoms. The van der Waals surface area contributed by atoms with Gasteiger partial charge in [-0.25, -0.2) is 0 Å². The SMILES string of the molecule is [O-][n+]1onc([C@@H]2O[C@H](CO)[C@@H](O)[C@H](O)[C@H]2O)c1[C@@H]1O[C@H](CO)[C@@H](O)[C@H](O)[C@H]1O. The Kier molecular flexibility index (Phi) is 6.16. The van der Waals surface area contributed by atoms with E-state index in [0.29, 0.717) is 0 Å². The zero-order valence-electron chi connectivity index (χ0n) is 14.3. The maximum absolute atomic E-state index is 12.1. The summed E-state index contributed by atoms with van der Waals surface area (Å²) in [6.07, 6.45) is -16.4. The first-order chi connectivity index (χ1) is 13.2. The number of aliphatic hydroxyl groups excluding tert-OH is 8. The van der Waals surface area contributed by atoms with Crippen LogP contribution >= 0.6 is 0 Å². The first-order valence-corrected chi connectivity index (χ1v) is 8.43. The predicted molar refractivity (Wildman–Crippen MR) is 80.9 cm³/mol. The van der Waals surface area contributed by atoms with Crippen LogP contribution in [0.1, 0.15) is 23.6 Å². The molecule has 2 aliphatic heterocycles. The summed E-state index contributed by atoms with van der Waals surface area (Å²) in [6.45, 7) is -1.48. The van der Waals surface area contributed by atoms with Gasteiger partial charge in [0.25, 0.3) is 5.69 Å². The standard InChI is InChI=1S/C14H22N2O12/c17-1-3-7(19)9(21)11(23)13(26-3)5-6(16(25)28-15-5)14-12(24)10(22)8(20)4(2-18)27-14/h3-4,7-14,17-24H,1-2H2/t3-,4-,7-,8-,9+,10+,11-,12-,13+,14+/m1/s1. The number of hydrogen-bond donors (Lipinski definition) is 8. The molecule has 0 bridgehead atoms. The van der Waals surface area contributed by atoms with Gasteiger partial charge in [-0.3, -0.25) is 4.63 Å². The van der Waals surface area contributed by atoms with Crippen LogP contribution in [-0.2, 0) is 9.47 Å². The van der Waals surface area contributed by atoms with E-state index in [1.165, 1.54) is 0 Å². The van der Waals surface area contributed by atoms with Crippen LogP contribution in [0, 0.1) is 5.21 Å². The Morgan fingerprint density at radius 1 is 0.750 bits per heavy atom. The summed E-state index contributed by atoms with van der Waals surface area (Å²) in [5, 5.41) is 94.1. The van der Waals surface area contributed by atoms with Crippen LogP contribution in [0.4, 0.5) is 0 Å². The van der Waals surface area contributed by atoms with Gasteiger partial charge in [0.2, 0.25) is 5.69 Å². The number of aromatic nitrogens is 2. The van der Waals surface area contributed by atoms with E-state index in [1.807, 2.05) is 0 Å². The van der Waals surface area contributed by atoms with E-state index in [1.54, 1.807) is 0 Å². The van der Waals surface area contributed by atoms with Crippen molar-refractivity contribution in [2.75, 3.05) is 13.2 Å². The minimum Gasteiger partial charge on any atom is -0.394 e. The third-order valence-electron chi connectivity index (χ3n) is 5.00. The Morgan fingerprint density at radius 2 is 1.21 bits per heavy atom. The van der Waals surface area contributed by atoms with Crippen molar-refractivity contribution in [3.8, 4) is 0 Å². The predicted octanol–water partition coefficient (Wildman–Crippen LogP) is -5.66. The summed E-state index contributed by atoms with van der Waals surface area (Å²) in [4.78, 5) is -0.191. The molecule has 3 rings (SSSR count). The van der Waals surface area contributed by atoms with E-state index in [2.05, 4.69) is 9.79 Å². The molecule has 2 aliphatic rings. The van der Waals surface area contributed by atoms with E-state index < -0.39 is 85.6 Å². The normalized spacial score (nSPS) is 44.6. The first-order valence-electron chi connectivity index (χ1n) is 8.43. The van der Waals surface area contributed by atoms with E-state index in [0.717, 1.165) is 0 Å². The van der Waals surface area contributed by atoms with Gasteiger partial charge in [-0.2, -0.15) is 0 Å². The molecule has 160 valence electrons. The molecule has 14 nitrogen and oxygen atoms in total. The lowest BCUT2D eigenvalue weighted by atomic mass is 9.89. The van der Waals surface area contributed by atoms with Crippen molar-refractivity contribution in [2.45, 2.75) is 61.0 Å². The molecule has 1 aromatic rings. The van der Waals surface area contributed by atoms with Crippen molar-refractivity contribution < 1.29 is 59.9 Å². The Balaban J connectivity index is 1.98. The van der Waals surface area contributed by atoms with Gasteiger partial charge in [-0.05, 0) is 4.90 Å². The molecule has 8 N–H and O–H groups in total. The minimum absolute atomic E-state index is 0.191. The van der Waals surface area contributed by atoms with Crippen LogP contribution in [0.5, 0.6) is 0 Å². The van der Waals surface area contributed by atoms with Crippen molar-refractivity contribution in [1.29, 1.82) is 0 Å². The molecule has 2 saturated heterocycles. The van der Waals surface area contributed by atoms with Gasteiger partial charge in [0.1, 0.15) is 48.8 Å². The number of hydrogen-bond acceptors (Lipinski definition) is 13. The van der Waals surface area contributed by atoms with Crippen LogP contribution in [0.15, 0.2) is 4.63 Å². The molecule has 3 heterocycles. The molecule has 2 fully saturated rings. The Labute approximate surface area is 156 Å². The van der Waals surface area contributed by atoms with Crippen LogP contribution in [0.3, 0.4) is 0 Å². The second kappa shape index (κ2) is 8.11. The number of nitrogens with zero attached hydrogens (tertiary/aromatic N) is 2. The average molecular weight is 410 g/mol. The summed E-state index contributed by atoms with van der Waals surface area (Å²) < 4.78 is 15.1. The molecular weight excluding hydrogens is 388 g/mol. The first kappa shape index (κ1) is 21.3. The van der Waals surface area contributed by atoms with Crippen molar-refractivity contribution in [2.24, 2.45) is 0 Å². The molecule has 0 unspecified atom stereocenters. The topological polar surface area (TPSA) is 233 Å². The largest absolute Gasteiger partial charge is 0.394 e. The van der Waals surface area contributed by atoms with Gasteiger partial charge in [0.05, 0.1) is 13.2 Å². The highest BCUT2D eigenvalue weighted by Crippen LogP contribution is 2.38. The minimum atomic E-state index is -1.85. The molecule has 28 heavy (non-hydrogen) atoms. The maximum Gasteiger partial charge on any atom is 0.255 e. The van der Waals surface area contributed by atoms with Gasteiger partial charge < -0.3 is 55.5 Å². The maximum atomic E-state index is 12.1. The molecule has 0 aromatic carbocycles. The molecule has 0 saturated carbocycles. The van der Waals surface area contributed by atoms with E-state index >= 15 is 0 Å². The summed E-state index contributed by atoms with van der Waals surface area (Å²) in [6, 6.07) is 0. The lowest BCUT2D eigenvalue weighted by Crippen LogP contribution is -2.58. The van der Waals surface area contributed by atoms with Crippen molar-refractivity contribution in [3.63, 3.8) is 0 Å². The third kappa shape index (κ3) is 3.37. The number of ether oxygens (including phenoxy) is 2. The van der Waals surface area contributed by atoms with Gasteiger partial charge in [0, 0.05) is 5.16 Å². The van der Waals surface area contributed by atoms with E-state index in [-0.39, 0.29) is 4.90 Å². The highest BCUT2D eigenvalue weighted by Gasteiger charge is 2.53. The van der Waals surface area contributed by atoms with Crippen LogP contribution in [0.2, 0.25) is 0 Å². The third-order valence-corrected chi connectivity index (χ3v) is 5.00. The van der Waals surface area contributed by atoms with Crippen LogP contribution < -0.4 is 4.90 Å².